The predicted molar refractivity (Wildman–Crippen MR) is 94.7 cm³/mol. The average molecular weight is 336 g/mol. The largest absolute Gasteiger partial charge is 0.351 e. The number of carbonyl (C=O) groups is 3. The highest BCUT2D eigenvalue weighted by Crippen LogP contribution is 2.23. The van der Waals surface area contributed by atoms with Crippen molar-refractivity contribution in [2.24, 2.45) is 0 Å². The van der Waals surface area contributed by atoms with E-state index < -0.39 is 0 Å². The maximum absolute atomic E-state index is 12.4. The zero-order chi connectivity index (χ0) is 18.0. The van der Waals surface area contributed by atoms with E-state index >= 15 is 0 Å². The molecular formula is C20H20N2O3. The van der Waals surface area contributed by atoms with Gasteiger partial charge >= 0.3 is 0 Å². The van der Waals surface area contributed by atoms with Crippen molar-refractivity contribution >= 4 is 17.7 Å². The normalized spacial score (nSPS) is 14.4. The summed E-state index contributed by atoms with van der Waals surface area (Å²) in [6.07, 6.45) is 0.909. The van der Waals surface area contributed by atoms with Crippen LogP contribution in [0.2, 0.25) is 0 Å². The van der Waals surface area contributed by atoms with Crippen molar-refractivity contribution in [3.8, 4) is 0 Å². The van der Waals surface area contributed by atoms with E-state index in [1.54, 1.807) is 12.1 Å². The molecule has 0 aromatic heterocycles. The number of fused-ring (bicyclic) bond motifs is 1. The summed E-state index contributed by atoms with van der Waals surface area (Å²) in [5, 5.41) is 2.93. The third kappa shape index (κ3) is 3.18. The summed E-state index contributed by atoms with van der Waals surface area (Å²) < 4.78 is 0. The first kappa shape index (κ1) is 16.9. The smallest absolute Gasteiger partial charge is 0.261 e. The molecule has 2 aromatic carbocycles. The first-order chi connectivity index (χ1) is 12.0. The number of imide groups is 1. The molecule has 5 heteroatoms. The molecule has 1 N–H and O–H groups in total. The van der Waals surface area contributed by atoms with E-state index in [1.807, 2.05) is 18.2 Å². The van der Waals surface area contributed by atoms with Crippen LogP contribution in [0.3, 0.4) is 0 Å². The topological polar surface area (TPSA) is 66.5 Å². The van der Waals surface area contributed by atoms with Crippen molar-refractivity contribution in [1.82, 2.24) is 10.2 Å². The minimum Gasteiger partial charge on any atom is -0.351 e. The molecule has 3 rings (SSSR count). The van der Waals surface area contributed by atoms with Crippen molar-refractivity contribution in [2.75, 3.05) is 13.6 Å². The molecule has 0 fully saturated rings. The van der Waals surface area contributed by atoms with Gasteiger partial charge in [0.05, 0.1) is 11.1 Å². The van der Waals surface area contributed by atoms with Gasteiger partial charge in [-0.05, 0) is 30.2 Å². The molecule has 1 aliphatic heterocycles. The quantitative estimate of drug-likeness (QED) is 0.854. The highest BCUT2D eigenvalue weighted by Gasteiger charge is 2.33. The Bertz CT molecular complexity index is 830. The number of rotatable bonds is 5. The van der Waals surface area contributed by atoms with Crippen LogP contribution in [0, 0.1) is 0 Å². The highest BCUT2D eigenvalue weighted by molar-refractivity contribution is 6.21. The third-order valence-corrected chi connectivity index (χ3v) is 4.62. The van der Waals surface area contributed by atoms with Crippen LogP contribution in [0.25, 0.3) is 0 Å². The van der Waals surface area contributed by atoms with Gasteiger partial charge < -0.3 is 5.32 Å². The molecule has 1 aliphatic rings. The summed E-state index contributed by atoms with van der Waals surface area (Å²) in [7, 11) is 1.44. The van der Waals surface area contributed by atoms with Crippen molar-refractivity contribution < 1.29 is 14.4 Å². The van der Waals surface area contributed by atoms with Crippen LogP contribution in [-0.2, 0) is 0 Å². The Balaban J connectivity index is 1.72. The Kier molecular flexibility index (Phi) is 4.65. The third-order valence-electron chi connectivity index (χ3n) is 4.62. The first-order valence-electron chi connectivity index (χ1n) is 8.32. The molecule has 2 aromatic rings. The lowest BCUT2D eigenvalue weighted by Gasteiger charge is -2.16. The van der Waals surface area contributed by atoms with Crippen molar-refractivity contribution in [1.29, 1.82) is 0 Å². The highest BCUT2D eigenvalue weighted by atomic mass is 16.2. The molecule has 0 saturated heterocycles. The zero-order valence-corrected chi connectivity index (χ0v) is 14.3. The molecule has 1 atom stereocenters. The number of carbonyl (C=O) groups excluding carboxylic acids is 3. The molecular weight excluding hydrogens is 316 g/mol. The van der Waals surface area contributed by atoms with E-state index in [-0.39, 0.29) is 29.2 Å². The van der Waals surface area contributed by atoms with Crippen molar-refractivity contribution in [3.05, 3.63) is 70.8 Å². The number of nitrogens with one attached hydrogen (secondary N) is 1. The molecule has 128 valence electrons. The van der Waals surface area contributed by atoms with Crippen molar-refractivity contribution in [2.45, 2.75) is 19.3 Å². The Morgan fingerprint density at radius 1 is 1.04 bits per heavy atom. The second kappa shape index (κ2) is 6.89. The van der Waals surface area contributed by atoms with Gasteiger partial charge in [0.1, 0.15) is 0 Å². The fourth-order valence-electron chi connectivity index (χ4n) is 3.04. The molecule has 3 amide bonds. The van der Waals surface area contributed by atoms with E-state index in [2.05, 4.69) is 24.4 Å². The van der Waals surface area contributed by atoms with Gasteiger partial charge in [-0.2, -0.15) is 0 Å². The van der Waals surface area contributed by atoms with Crippen LogP contribution in [0.5, 0.6) is 0 Å². The fraction of sp³-hybridized carbons (Fsp3) is 0.250. The lowest BCUT2D eigenvalue weighted by Crippen LogP contribution is -2.28. The number of amides is 3. The molecule has 5 nitrogen and oxygen atoms in total. The van der Waals surface area contributed by atoms with Gasteiger partial charge in [0.15, 0.2) is 0 Å². The molecule has 1 unspecified atom stereocenters. The van der Waals surface area contributed by atoms with E-state index in [0.717, 1.165) is 11.3 Å². The van der Waals surface area contributed by atoms with Gasteiger partial charge in [-0.15, -0.1) is 0 Å². The van der Waals surface area contributed by atoms with Crippen LogP contribution >= 0.6 is 0 Å². The molecule has 0 bridgehead atoms. The maximum atomic E-state index is 12.4. The van der Waals surface area contributed by atoms with E-state index in [1.165, 1.54) is 18.7 Å². The average Bonchev–Trinajstić information content (AvgIpc) is 2.87. The van der Waals surface area contributed by atoms with Crippen molar-refractivity contribution in [3.63, 3.8) is 0 Å². The van der Waals surface area contributed by atoms with E-state index in [9.17, 15) is 14.4 Å². The second-order valence-electron chi connectivity index (χ2n) is 6.16. The van der Waals surface area contributed by atoms with Crippen LogP contribution in [0.15, 0.2) is 48.5 Å². The number of hydrogen-bond acceptors (Lipinski definition) is 3. The fourth-order valence-corrected chi connectivity index (χ4v) is 3.04. The SMILES string of the molecule is CCC(CNC(=O)c1ccc2c(c1)C(=O)N(C)C2=O)c1ccccc1. The van der Waals surface area contributed by atoms with Crippen LogP contribution in [-0.4, -0.2) is 36.2 Å². The minimum absolute atomic E-state index is 0.230. The zero-order valence-electron chi connectivity index (χ0n) is 14.3. The summed E-state index contributed by atoms with van der Waals surface area (Å²) in [6.45, 7) is 2.60. The van der Waals surface area contributed by atoms with E-state index in [0.29, 0.717) is 17.7 Å². The van der Waals surface area contributed by atoms with Gasteiger partial charge in [-0.25, -0.2) is 0 Å². The molecule has 0 saturated carbocycles. The molecule has 0 aliphatic carbocycles. The summed E-state index contributed by atoms with van der Waals surface area (Å²) in [5.41, 5.74) is 2.20. The lowest BCUT2D eigenvalue weighted by atomic mass is 9.96. The summed E-state index contributed by atoms with van der Waals surface area (Å²) in [4.78, 5) is 37.5. The van der Waals surface area contributed by atoms with Crippen LogP contribution in [0.4, 0.5) is 0 Å². The molecule has 25 heavy (non-hydrogen) atoms. The Hall–Kier alpha value is -2.95. The van der Waals surface area contributed by atoms with Gasteiger partial charge in [0, 0.05) is 25.1 Å². The summed E-state index contributed by atoms with van der Waals surface area (Å²) >= 11 is 0. The van der Waals surface area contributed by atoms with Gasteiger partial charge in [-0.3, -0.25) is 19.3 Å². The molecule has 0 radical (unpaired) electrons. The molecule has 1 heterocycles. The van der Waals surface area contributed by atoms with Gasteiger partial charge in [0.2, 0.25) is 0 Å². The standard InChI is InChI=1S/C20H20N2O3/c1-3-13(14-7-5-4-6-8-14)12-21-18(23)15-9-10-16-17(11-15)20(25)22(2)19(16)24/h4-11,13H,3,12H2,1-2H3,(H,21,23). The Morgan fingerprint density at radius 2 is 1.72 bits per heavy atom. The lowest BCUT2D eigenvalue weighted by molar-refractivity contribution is 0.0693. The maximum Gasteiger partial charge on any atom is 0.261 e. The minimum atomic E-state index is -0.370. The Labute approximate surface area is 146 Å². The Morgan fingerprint density at radius 3 is 2.40 bits per heavy atom. The van der Waals surface area contributed by atoms with Gasteiger partial charge in [-0.1, -0.05) is 37.3 Å². The van der Waals surface area contributed by atoms with Crippen LogP contribution < -0.4 is 5.32 Å². The summed E-state index contributed by atoms with van der Waals surface area (Å²) in [5.74, 6) is -0.714. The van der Waals surface area contributed by atoms with Crippen LogP contribution in [0.1, 0.15) is 55.9 Å². The number of benzene rings is 2. The van der Waals surface area contributed by atoms with Gasteiger partial charge in [0.25, 0.3) is 17.7 Å². The monoisotopic (exact) mass is 336 g/mol. The second-order valence-corrected chi connectivity index (χ2v) is 6.16. The van der Waals surface area contributed by atoms with E-state index in [4.69, 9.17) is 0 Å². The summed E-state index contributed by atoms with van der Waals surface area (Å²) in [6, 6.07) is 14.7. The molecule has 0 spiro atoms. The number of nitrogens with zero attached hydrogens (tertiary/aromatic N) is 1. The first-order valence-corrected chi connectivity index (χ1v) is 8.32. The number of hydrogen-bond donors (Lipinski definition) is 1. The predicted octanol–water partition coefficient (Wildman–Crippen LogP) is 2.84.